The minimum absolute atomic E-state index is 0.149. The summed E-state index contributed by atoms with van der Waals surface area (Å²) in [5.74, 6) is -2.20. The van der Waals surface area contributed by atoms with E-state index in [0.29, 0.717) is 16.2 Å². The fourth-order valence-electron chi connectivity index (χ4n) is 1.66. The lowest BCUT2D eigenvalue weighted by molar-refractivity contribution is -0.184. The second-order valence-corrected chi connectivity index (χ2v) is 4.45. The van der Waals surface area contributed by atoms with Gasteiger partial charge in [0.15, 0.2) is 0 Å². The quantitative estimate of drug-likeness (QED) is 0.865. The summed E-state index contributed by atoms with van der Waals surface area (Å²) >= 11 is 0. The Balaban J connectivity index is 2.73. The van der Waals surface area contributed by atoms with Crippen molar-refractivity contribution in [1.82, 2.24) is 4.90 Å². The third-order valence-electron chi connectivity index (χ3n) is 2.59. The molecule has 0 bridgehead atoms. The molecule has 0 aliphatic rings. The molecule has 0 aliphatic heterocycles. The van der Waals surface area contributed by atoms with Crippen LogP contribution in [0.4, 0.5) is 18.9 Å². The van der Waals surface area contributed by atoms with Crippen LogP contribution in [0.5, 0.6) is 0 Å². The highest BCUT2D eigenvalue weighted by molar-refractivity contribution is 5.90. The first-order valence-corrected chi connectivity index (χ1v) is 6.15. The maximum absolute atomic E-state index is 12.3. The Morgan fingerprint density at radius 1 is 1.33 bits per heavy atom. The van der Waals surface area contributed by atoms with Crippen molar-refractivity contribution in [2.75, 3.05) is 18.9 Å². The molecule has 0 radical (unpaired) electrons. The fraction of sp³-hybridized carbons (Fsp3) is 0.385. The number of hydrogen-bond acceptors (Lipinski definition) is 3. The van der Waals surface area contributed by atoms with Gasteiger partial charge < -0.3 is 16.0 Å². The average Bonchev–Trinajstić information content (AvgIpc) is 2.37. The number of anilines is 1. The molecule has 1 rings (SSSR count). The summed E-state index contributed by atoms with van der Waals surface area (Å²) in [5.41, 5.74) is 6.16. The molecule has 0 atom stereocenters. The summed E-state index contributed by atoms with van der Waals surface area (Å²) in [6.07, 6.45) is -4.75. The standard InChI is InChI=1S/C13H16F3N3O2/c1-19(12(21)13(14,15)16)8-9-3-2-4-10(7-9)18-11(20)5-6-17/h2-4,7H,5-6,8,17H2,1H3,(H,18,20). The first-order valence-electron chi connectivity index (χ1n) is 6.15. The molecular weight excluding hydrogens is 287 g/mol. The highest BCUT2D eigenvalue weighted by Gasteiger charge is 2.41. The van der Waals surface area contributed by atoms with Gasteiger partial charge >= 0.3 is 12.1 Å². The van der Waals surface area contributed by atoms with Crippen molar-refractivity contribution in [2.24, 2.45) is 5.73 Å². The van der Waals surface area contributed by atoms with Crippen LogP contribution in [0.3, 0.4) is 0 Å². The molecule has 0 fully saturated rings. The normalized spacial score (nSPS) is 11.1. The predicted octanol–water partition coefficient (Wildman–Crippen LogP) is 1.49. The third kappa shape index (κ3) is 5.42. The molecule has 2 amide bonds. The lowest BCUT2D eigenvalue weighted by atomic mass is 10.2. The van der Waals surface area contributed by atoms with Crippen molar-refractivity contribution in [3.8, 4) is 0 Å². The van der Waals surface area contributed by atoms with Crippen molar-refractivity contribution in [3.63, 3.8) is 0 Å². The maximum Gasteiger partial charge on any atom is 0.471 e. The van der Waals surface area contributed by atoms with E-state index in [2.05, 4.69) is 5.32 Å². The van der Waals surface area contributed by atoms with E-state index >= 15 is 0 Å². The van der Waals surface area contributed by atoms with Crippen molar-refractivity contribution < 1.29 is 22.8 Å². The van der Waals surface area contributed by atoms with Gasteiger partial charge in [-0.15, -0.1) is 0 Å². The number of amides is 2. The van der Waals surface area contributed by atoms with Crippen molar-refractivity contribution >= 4 is 17.5 Å². The summed E-state index contributed by atoms with van der Waals surface area (Å²) in [4.78, 5) is 23.0. The van der Waals surface area contributed by atoms with Crippen LogP contribution in [0.1, 0.15) is 12.0 Å². The molecule has 0 spiro atoms. The molecule has 8 heteroatoms. The van der Waals surface area contributed by atoms with E-state index in [1.807, 2.05) is 0 Å². The third-order valence-corrected chi connectivity index (χ3v) is 2.59. The second-order valence-electron chi connectivity index (χ2n) is 4.45. The summed E-state index contributed by atoms with van der Waals surface area (Å²) < 4.78 is 36.8. The average molecular weight is 303 g/mol. The Hall–Kier alpha value is -2.09. The van der Waals surface area contributed by atoms with Crippen LogP contribution in [0.15, 0.2) is 24.3 Å². The van der Waals surface area contributed by atoms with Gasteiger partial charge in [-0.1, -0.05) is 12.1 Å². The molecule has 0 saturated carbocycles. The molecule has 5 nitrogen and oxygen atoms in total. The van der Waals surface area contributed by atoms with Crippen LogP contribution >= 0.6 is 0 Å². The fourth-order valence-corrected chi connectivity index (χ4v) is 1.66. The number of alkyl halides is 3. The Kier molecular flexibility index (Phi) is 5.71. The van der Waals surface area contributed by atoms with Crippen LogP contribution in [0, 0.1) is 0 Å². The first kappa shape index (κ1) is 17.0. The van der Waals surface area contributed by atoms with Crippen LogP contribution in [0.2, 0.25) is 0 Å². The molecule has 116 valence electrons. The van der Waals surface area contributed by atoms with Gasteiger partial charge in [0, 0.05) is 32.2 Å². The number of carbonyl (C=O) groups is 2. The minimum atomic E-state index is -4.90. The van der Waals surface area contributed by atoms with Crippen molar-refractivity contribution in [3.05, 3.63) is 29.8 Å². The molecule has 0 unspecified atom stereocenters. The monoisotopic (exact) mass is 303 g/mol. The lowest BCUT2D eigenvalue weighted by Gasteiger charge is -2.19. The van der Waals surface area contributed by atoms with Gasteiger partial charge in [0.25, 0.3) is 0 Å². The van der Waals surface area contributed by atoms with E-state index in [1.165, 1.54) is 6.07 Å². The van der Waals surface area contributed by atoms with Crippen LogP contribution in [-0.4, -0.2) is 36.5 Å². The first-order chi connectivity index (χ1) is 9.74. The zero-order valence-electron chi connectivity index (χ0n) is 11.4. The topological polar surface area (TPSA) is 75.4 Å². The van der Waals surface area contributed by atoms with Crippen LogP contribution in [-0.2, 0) is 16.1 Å². The molecule has 0 aromatic heterocycles. The molecule has 0 saturated heterocycles. The van der Waals surface area contributed by atoms with E-state index in [-0.39, 0.29) is 25.4 Å². The van der Waals surface area contributed by atoms with E-state index in [0.717, 1.165) is 7.05 Å². The summed E-state index contributed by atoms with van der Waals surface area (Å²) in [6, 6.07) is 6.26. The Morgan fingerprint density at radius 3 is 2.57 bits per heavy atom. The number of nitrogens with two attached hydrogens (primary N) is 1. The van der Waals surface area contributed by atoms with Crippen LogP contribution in [0.25, 0.3) is 0 Å². The number of halogens is 3. The molecule has 1 aromatic carbocycles. The molecule has 1 aromatic rings. The van der Waals surface area contributed by atoms with Gasteiger partial charge in [0.1, 0.15) is 0 Å². The Morgan fingerprint density at radius 2 is 2.00 bits per heavy atom. The smallest absolute Gasteiger partial charge is 0.334 e. The Bertz CT molecular complexity index is 518. The van der Waals surface area contributed by atoms with Gasteiger partial charge in [0.05, 0.1) is 0 Å². The number of rotatable bonds is 5. The number of nitrogens with one attached hydrogen (secondary N) is 1. The van der Waals surface area contributed by atoms with E-state index in [4.69, 9.17) is 5.73 Å². The minimum Gasteiger partial charge on any atom is -0.334 e. The van der Waals surface area contributed by atoms with Gasteiger partial charge in [0.2, 0.25) is 5.91 Å². The summed E-state index contributed by atoms with van der Waals surface area (Å²) in [7, 11) is 1.06. The zero-order valence-corrected chi connectivity index (χ0v) is 11.4. The zero-order chi connectivity index (χ0) is 16.0. The summed E-state index contributed by atoms with van der Waals surface area (Å²) in [6.45, 7) is -0.00666. The second kappa shape index (κ2) is 7.07. The molecule has 0 aliphatic carbocycles. The highest BCUT2D eigenvalue weighted by atomic mass is 19.4. The Labute approximate surface area is 119 Å². The highest BCUT2D eigenvalue weighted by Crippen LogP contribution is 2.19. The SMILES string of the molecule is CN(Cc1cccc(NC(=O)CCN)c1)C(=O)C(F)(F)F. The number of carbonyl (C=O) groups excluding carboxylic acids is 2. The van der Waals surface area contributed by atoms with E-state index in [1.54, 1.807) is 18.2 Å². The predicted molar refractivity (Wildman–Crippen MR) is 71.3 cm³/mol. The lowest BCUT2D eigenvalue weighted by Crippen LogP contribution is -2.37. The maximum atomic E-state index is 12.3. The van der Waals surface area contributed by atoms with Gasteiger partial charge in [-0.2, -0.15) is 13.2 Å². The van der Waals surface area contributed by atoms with E-state index < -0.39 is 12.1 Å². The van der Waals surface area contributed by atoms with Gasteiger partial charge in [-0.25, -0.2) is 0 Å². The number of benzene rings is 1. The van der Waals surface area contributed by atoms with Crippen molar-refractivity contribution in [2.45, 2.75) is 19.1 Å². The van der Waals surface area contributed by atoms with Gasteiger partial charge in [-0.3, -0.25) is 9.59 Å². The van der Waals surface area contributed by atoms with Crippen molar-refractivity contribution in [1.29, 1.82) is 0 Å². The molecule has 3 N–H and O–H groups in total. The van der Waals surface area contributed by atoms with E-state index in [9.17, 15) is 22.8 Å². The molecular formula is C13H16F3N3O2. The number of hydrogen-bond donors (Lipinski definition) is 2. The van der Waals surface area contributed by atoms with Gasteiger partial charge in [-0.05, 0) is 17.7 Å². The molecule has 0 heterocycles. The largest absolute Gasteiger partial charge is 0.471 e. The van der Waals surface area contributed by atoms with Crippen LogP contribution < -0.4 is 11.1 Å². The molecule has 21 heavy (non-hydrogen) atoms. The summed E-state index contributed by atoms with van der Waals surface area (Å²) in [5, 5.41) is 2.57. The number of nitrogens with zero attached hydrogens (tertiary/aromatic N) is 1.